The highest BCUT2D eigenvalue weighted by Crippen LogP contribution is 2.30. The van der Waals surface area contributed by atoms with E-state index >= 15 is 0 Å². The van der Waals surface area contributed by atoms with Crippen LogP contribution >= 0.6 is 23.4 Å². The van der Waals surface area contributed by atoms with Gasteiger partial charge in [-0.25, -0.2) is 4.98 Å². The quantitative estimate of drug-likeness (QED) is 0.487. The normalized spacial score (nSPS) is 10.4. The molecule has 0 N–H and O–H groups in total. The predicted molar refractivity (Wildman–Crippen MR) is 114 cm³/mol. The van der Waals surface area contributed by atoms with Crippen molar-refractivity contribution in [3.05, 3.63) is 82.6 Å². The lowest BCUT2D eigenvalue weighted by Gasteiger charge is -2.14. The molecule has 6 nitrogen and oxygen atoms in total. The molecule has 3 aromatic rings. The van der Waals surface area contributed by atoms with Gasteiger partial charge in [-0.15, -0.1) is 0 Å². The van der Waals surface area contributed by atoms with Gasteiger partial charge >= 0.3 is 0 Å². The molecule has 0 aliphatic heterocycles. The molecule has 0 amide bonds. The number of hydrogen-bond donors (Lipinski definition) is 0. The third-order valence-corrected chi connectivity index (χ3v) is 5.17. The minimum Gasteiger partial charge on any atom is -0.498 e. The van der Waals surface area contributed by atoms with Gasteiger partial charge in [-0.1, -0.05) is 29.9 Å². The fraction of sp³-hybridized carbons (Fsp3) is 0.143. The van der Waals surface area contributed by atoms with Crippen molar-refractivity contribution in [1.82, 2.24) is 9.55 Å². The van der Waals surface area contributed by atoms with Crippen molar-refractivity contribution in [2.45, 2.75) is 9.92 Å². The van der Waals surface area contributed by atoms with Crippen molar-refractivity contribution in [3.63, 3.8) is 0 Å². The van der Waals surface area contributed by atoms with E-state index in [0.717, 1.165) is 4.90 Å². The van der Waals surface area contributed by atoms with E-state index in [0.29, 0.717) is 33.0 Å². The van der Waals surface area contributed by atoms with Crippen LogP contribution < -0.4 is 15.0 Å². The number of ether oxygens (including phenoxy) is 3. The number of aromatic nitrogens is 2. The van der Waals surface area contributed by atoms with Crippen LogP contribution in [0, 0.1) is 0 Å². The zero-order valence-corrected chi connectivity index (χ0v) is 17.5. The first-order valence-electron chi connectivity index (χ1n) is 8.56. The summed E-state index contributed by atoms with van der Waals surface area (Å²) in [5.74, 6) is 1.50. The highest BCUT2D eigenvalue weighted by Gasteiger charge is 2.12. The van der Waals surface area contributed by atoms with Crippen molar-refractivity contribution < 1.29 is 14.2 Å². The zero-order valence-electron chi connectivity index (χ0n) is 15.9. The molecule has 0 fully saturated rings. The van der Waals surface area contributed by atoms with E-state index in [4.69, 9.17) is 25.8 Å². The Kier molecular flexibility index (Phi) is 6.85. The van der Waals surface area contributed by atoms with Gasteiger partial charge < -0.3 is 14.2 Å². The van der Waals surface area contributed by atoms with Gasteiger partial charge in [0.2, 0.25) is 0 Å². The number of benzene rings is 2. The Labute approximate surface area is 177 Å². The molecular formula is C21H19ClN2O4S. The predicted octanol–water partition coefficient (Wildman–Crippen LogP) is 4.58. The molecule has 8 heteroatoms. The molecule has 1 heterocycles. The van der Waals surface area contributed by atoms with Gasteiger partial charge in [0.25, 0.3) is 5.56 Å². The molecule has 0 spiro atoms. The molecule has 150 valence electrons. The molecule has 0 aliphatic rings. The van der Waals surface area contributed by atoms with Crippen molar-refractivity contribution >= 4 is 23.4 Å². The summed E-state index contributed by atoms with van der Waals surface area (Å²) >= 11 is 7.19. The van der Waals surface area contributed by atoms with Gasteiger partial charge in [-0.05, 0) is 36.4 Å². The summed E-state index contributed by atoms with van der Waals surface area (Å²) in [4.78, 5) is 18.0. The summed E-state index contributed by atoms with van der Waals surface area (Å²) in [5, 5.41) is 0.988. The first-order valence-corrected chi connectivity index (χ1v) is 9.75. The first-order chi connectivity index (χ1) is 14.0. The molecule has 0 saturated carbocycles. The molecule has 0 atom stereocenters. The highest BCUT2D eigenvalue weighted by molar-refractivity contribution is 7.99. The van der Waals surface area contributed by atoms with Crippen LogP contribution in [0.1, 0.15) is 0 Å². The zero-order chi connectivity index (χ0) is 20.8. The smallest absolute Gasteiger partial charge is 0.287 e. The summed E-state index contributed by atoms with van der Waals surface area (Å²) in [6.45, 7) is 3.92. The lowest BCUT2D eigenvalue weighted by molar-refractivity contribution is 0.216. The van der Waals surface area contributed by atoms with E-state index < -0.39 is 0 Å². The van der Waals surface area contributed by atoms with Gasteiger partial charge in [0, 0.05) is 28.4 Å². The van der Waals surface area contributed by atoms with Crippen LogP contribution in [0.4, 0.5) is 0 Å². The molecule has 0 aliphatic carbocycles. The average Bonchev–Trinajstić information content (AvgIpc) is 2.75. The van der Waals surface area contributed by atoms with E-state index in [1.807, 2.05) is 12.1 Å². The molecule has 2 aromatic carbocycles. The summed E-state index contributed by atoms with van der Waals surface area (Å²) in [6, 6.07) is 12.5. The van der Waals surface area contributed by atoms with E-state index in [9.17, 15) is 4.79 Å². The first kappa shape index (κ1) is 20.8. The van der Waals surface area contributed by atoms with E-state index in [-0.39, 0.29) is 12.2 Å². The number of halogens is 1. The summed E-state index contributed by atoms with van der Waals surface area (Å²) < 4.78 is 17.6. The van der Waals surface area contributed by atoms with Gasteiger partial charge in [0.1, 0.15) is 12.4 Å². The van der Waals surface area contributed by atoms with E-state index in [2.05, 4.69) is 11.6 Å². The van der Waals surface area contributed by atoms with Crippen LogP contribution in [0.15, 0.2) is 81.9 Å². The van der Waals surface area contributed by atoms with Gasteiger partial charge in [-0.2, -0.15) is 0 Å². The third kappa shape index (κ3) is 5.13. The fourth-order valence-electron chi connectivity index (χ4n) is 2.42. The maximum absolute atomic E-state index is 12.9. The Hall–Kier alpha value is -2.90. The number of nitrogens with zero attached hydrogens (tertiary/aromatic N) is 2. The average molecular weight is 431 g/mol. The minimum atomic E-state index is -0.240. The molecule has 0 bridgehead atoms. The second kappa shape index (κ2) is 9.54. The molecule has 29 heavy (non-hydrogen) atoms. The minimum absolute atomic E-state index is 0.198. The van der Waals surface area contributed by atoms with Crippen LogP contribution in [0.3, 0.4) is 0 Å². The Morgan fingerprint density at radius 2 is 1.93 bits per heavy atom. The molecule has 1 aromatic heterocycles. The Morgan fingerprint density at radius 1 is 1.17 bits per heavy atom. The third-order valence-electron chi connectivity index (χ3n) is 3.94. The van der Waals surface area contributed by atoms with Crippen LogP contribution in [0.25, 0.3) is 5.69 Å². The Bertz CT molecular complexity index is 1070. The van der Waals surface area contributed by atoms with Crippen LogP contribution in [-0.2, 0) is 4.74 Å². The highest BCUT2D eigenvalue weighted by atomic mass is 35.5. The Balaban J connectivity index is 1.89. The SMILES string of the molecule is C=C(COc1ccc(-n2ccnc(Sc3ccc(Cl)cc3)c2=O)cc1OC)OC. The largest absolute Gasteiger partial charge is 0.498 e. The van der Waals surface area contributed by atoms with Crippen LogP contribution in [0.2, 0.25) is 5.02 Å². The molecule has 0 saturated heterocycles. The van der Waals surface area contributed by atoms with Crippen molar-refractivity contribution in [2.24, 2.45) is 0 Å². The number of hydrogen-bond acceptors (Lipinski definition) is 6. The fourth-order valence-corrected chi connectivity index (χ4v) is 3.34. The van der Waals surface area contributed by atoms with Crippen molar-refractivity contribution in [2.75, 3.05) is 20.8 Å². The summed E-state index contributed by atoms with van der Waals surface area (Å²) in [6.07, 6.45) is 3.19. The topological polar surface area (TPSA) is 62.6 Å². The second-order valence-electron chi connectivity index (χ2n) is 5.83. The van der Waals surface area contributed by atoms with Crippen LogP contribution in [0.5, 0.6) is 11.5 Å². The number of methoxy groups -OCH3 is 2. The molecule has 0 radical (unpaired) electrons. The lowest BCUT2D eigenvalue weighted by atomic mass is 10.2. The van der Waals surface area contributed by atoms with Gasteiger partial charge in [-0.3, -0.25) is 9.36 Å². The maximum Gasteiger partial charge on any atom is 0.287 e. The molecule has 0 unspecified atom stereocenters. The van der Waals surface area contributed by atoms with E-state index in [1.165, 1.54) is 30.5 Å². The standard InChI is InChI=1S/C21H19ClN2O4S/c1-14(26-2)13-28-18-9-6-16(12-19(18)27-3)24-11-10-23-20(21(24)25)29-17-7-4-15(22)5-8-17/h4-12H,1,13H2,2-3H3. The van der Waals surface area contributed by atoms with Crippen molar-refractivity contribution in [1.29, 1.82) is 0 Å². The van der Waals surface area contributed by atoms with Gasteiger partial charge in [0.05, 0.1) is 19.9 Å². The van der Waals surface area contributed by atoms with Gasteiger partial charge in [0.15, 0.2) is 16.5 Å². The summed E-state index contributed by atoms with van der Waals surface area (Å²) in [5.41, 5.74) is 0.390. The maximum atomic E-state index is 12.9. The lowest BCUT2D eigenvalue weighted by Crippen LogP contribution is -2.20. The Morgan fingerprint density at radius 3 is 2.62 bits per heavy atom. The second-order valence-corrected chi connectivity index (χ2v) is 7.33. The monoisotopic (exact) mass is 430 g/mol. The molecular weight excluding hydrogens is 412 g/mol. The summed E-state index contributed by atoms with van der Waals surface area (Å²) in [7, 11) is 3.07. The number of rotatable bonds is 8. The molecule has 3 rings (SSSR count). The van der Waals surface area contributed by atoms with Crippen molar-refractivity contribution in [3.8, 4) is 17.2 Å². The van der Waals surface area contributed by atoms with E-state index in [1.54, 1.807) is 42.7 Å². The van der Waals surface area contributed by atoms with Crippen LogP contribution in [-0.4, -0.2) is 30.4 Å².